The predicted octanol–water partition coefficient (Wildman–Crippen LogP) is 4.96. The number of rotatable bonds is 7. The summed E-state index contributed by atoms with van der Waals surface area (Å²) in [5, 5.41) is 10.1. The van der Waals surface area contributed by atoms with Crippen LogP contribution in [-0.4, -0.2) is 37.2 Å². The Balaban J connectivity index is 1.94. The molecule has 29 heavy (non-hydrogen) atoms. The molecule has 1 aliphatic carbocycles. The summed E-state index contributed by atoms with van der Waals surface area (Å²) in [4.78, 5) is 5.05. The fraction of sp³-hybridized carbons (Fsp3) is 0.542. The topological polar surface area (TPSA) is 60.8 Å². The average molecular weight is 400 g/mol. The Bertz CT molecular complexity index is 849. The number of hydrogen-bond donors (Lipinski definition) is 1. The number of aromatic hydroxyl groups is 1. The molecule has 1 aliphatic rings. The van der Waals surface area contributed by atoms with Crippen molar-refractivity contribution in [1.82, 2.24) is 4.98 Å². The number of phenols is 1. The molecule has 3 rings (SSSR count). The predicted molar refractivity (Wildman–Crippen MR) is 114 cm³/mol. The lowest BCUT2D eigenvalue weighted by Crippen LogP contribution is -2.22. The fourth-order valence-corrected chi connectivity index (χ4v) is 4.31. The second-order valence-electron chi connectivity index (χ2n) is 8.08. The van der Waals surface area contributed by atoms with Crippen LogP contribution < -0.4 is 4.74 Å². The summed E-state index contributed by atoms with van der Waals surface area (Å²) in [7, 11) is 3.42. The van der Waals surface area contributed by atoms with Gasteiger partial charge in [0.1, 0.15) is 11.5 Å². The number of aryl methyl sites for hydroxylation is 1. The largest absolute Gasteiger partial charge is 0.508 e. The third-order valence-corrected chi connectivity index (χ3v) is 6.21. The van der Waals surface area contributed by atoms with Crippen molar-refractivity contribution in [3.63, 3.8) is 0 Å². The molecule has 2 atom stereocenters. The van der Waals surface area contributed by atoms with E-state index in [4.69, 9.17) is 19.2 Å². The third-order valence-electron chi connectivity index (χ3n) is 6.21. The highest BCUT2D eigenvalue weighted by Gasteiger charge is 2.27. The lowest BCUT2D eigenvalue weighted by Gasteiger charge is -2.29. The smallest absolute Gasteiger partial charge is 0.188 e. The van der Waals surface area contributed by atoms with Gasteiger partial charge in [-0.2, -0.15) is 0 Å². The summed E-state index contributed by atoms with van der Waals surface area (Å²) in [5.74, 6) is 1.48. The van der Waals surface area contributed by atoms with Crippen LogP contribution in [0.25, 0.3) is 0 Å². The Morgan fingerprint density at radius 3 is 2.62 bits per heavy atom. The molecule has 0 saturated heterocycles. The van der Waals surface area contributed by atoms with E-state index < -0.39 is 0 Å². The van der Waals surface area contributed by atoms with Gasteiger partial charge < -0.3 is 19.3 Å². The maximum atomic E-state index is 10.1. The molecule has 1 aromatic carbocycles. The molecule has 0 aliphatic heterocycles. The van der Waals surface area contributed by atoms with E-state index in [2.05, 4.69) is 6.92 Å². The van der Waals surface area contributed by atoms with Crippen LogP contribution >= 0.6 is 0 Å². The third kappa shape index (κ3) is 4.90. The van der Waals surface area contributed by atoms with E-state index in [1.54, 1.807) is 14.2 Å². The Morgan fingerprint density at radius 1 is 1.10 bits per heavy atom. The first-order valence-electron chi connectivity index (χ1n) is 10.4. The molecular weight excluding hydrogens is 366 g/mol. The first-order valence-corrected chi connectivity index (χ1v) is 10.4. The highest BCUT2D eigenvalue weighted by atomic mass is 16.7. The zero-order valence-electron chi connectivity index (χ0n) is 18.2. The molecule has 1 aromatic heterocycles. The number of hydrogen-bond acceptors (Lipinski definition) is 5. The zero-order chi connectivity index (χ0) is 21.0. The van der Waals surface area contributed by atoms with Crippen molar-refractivity contribution in [1.29, 1.82) is 0 Å². The van der Waals surface area contributed by atoms with Gasteiger partial charge in [-0.1, -0.05) is 6.42 Å². The standard InChI is InChI=1S/C24H33NO4/c1-15-11-22(26)17(3)16(2)21(15)13-19-9-10-23(29-14-27-4)24(25-19)18-7-6-8-20(12-18)28-5/h9-11,18,20,26H,6-8,12-14H2,1-5H3. The highest BCUT2D eigenvalue weighted by Crippen LogP contribution is 2.38. The van der Waals surface area contributed by atoms with Crippen molar-refractivity contribution < 1.29 is 19.3 Å². The molecule has 0 bridgehead atoms. The summed E-state index contributed by atoms with van der Waals surface area (Å²) in [6, 6.07) is 5.90. The normalized spacial score (nSPS) is 19.3. The Labute approximate surface area is 174 Å². The number of pyridine rings is 1. The molecule has 5 heteroatoms. The number of ether oxygens (including phenoxy) is 3. The van der Waals surface area contributed by atoms with Crippen LogP contribution in [0, 0.1) is 20.8 Å². The van der Waals surface area contributed by atoms with Crippen molar-refractivity contribution in [3.05, 3.63) is 51.8 Å². The molecule has 1 fully saturated rings. The molecular formula is C24H33NO4. The van der Waals surface area contributed by atoms with Gasteiger partial charge in [-0.25, -0.2) is 0 Å². The van der Waals surface area contributed by atoms with Crippen molar-refractivity contribution in [2.24, 2.45) is 0 Å². The first kappa shape index (κ1) is 21.6. The summed E-state index contributed by atoms with van der Waals surface area (Å²) < 4.78 is 16.6. The Kier molecular flexibility index (Phi) is 7.14. The minimum atomic E-state index is 0.212. The number of nitrogens with zero attached hydrogens (tertiary/aromatic N) is 1. The van der Waals surface area contributed by atoms with Gasteiger partial charge in [0.15, 0.2) is 6.79 Å². The van der Waals surface area contributed by atoms with Crippen LogP contribution in [0.15, 0.2) is 18.2 Å². The van der Waals surface area contributed by atoms with Gasteiger partial charge >= 0.3 is 0 Å². The van der Waals surface area contributed by atoms with Gasteiger partial charge in [-0.15, -0.1) is 0 Å². The molecule has 158 valence electrons. The molecule has 5 nitrogen and oxygen atoms in total. The van der Waals surface area contributed by atoms with E-state index in [1.807, 2.05) is 32.0 Å². The number of benzene rings is 1. The summed E-state index contributed by atoms with van der Waals surface area (Å²) in [6.45, 7) is 6.28. The van der Waals surface area contributed by atoms with Gasteiger partial charge in [-0.3, -0.25) is 4.98 Å². The summed E-state index contributed by atoms with van der Waals surface area (Å²) >= 11 is 0. The second kappa shape index (κ2) is 9.59. The van der Waals surface area contributed by atoms with Crippen molar-refractivity contribution in [2.45, 2.75) is 64.9 Å². The molecule has 2 aromatic rings. The number of aromatic nitrogens is 1. The van der Waals surface area contributed by atoms with Crippen LogP contribution in [0.4, 0.5) is 0 Å². The van der Waals surface area contributed by atoms with Gasteiger partial charge in [0.2, 0.25) is 0 Å². The van der Waals surface area contributed by atoms with Gasteiger partial charge in [0, 0.05) is 32.3 Å². The minimum Gasteiger partial charge on any atom is -0.508 e. The van der Waals surface area contributed by atoms with Gasteiger partial charge in [0.05, 0.1) is 11.8 Å². The minimum absolute atomic E-state index is 0.212. The fourth-order valence-electron chi connectivity index (χ4n) is 4.31. The Morgan fingerprint density at radius 2 is 1.90 bits per heavy atom. The monoisotopic (exact) mass is 399 g/mol. The quantitative estimate of drug-likeness (QED) is 0.667. The molecule has 0 amide bonds. The van der Waals surface area contributed by atoms with Gasteiger partial charge in [-0.05, 0) is 80.5 Å². The summed E-state index contributed by atoms with van der Waals surface area (Å²) in [6.07, 6.45) is 5.30. The van der Waals surface area contributed by atoms with Crippen LogP contribution in [-0.2, 0) is 15.9 Å². The van der Waals surface area contributed by atoms with Crippen LogP contribution in [0.3, 0.4) is 0 Å². The first-order chi connectivity index (χ1) is 13.9. The van der Waals surface area contributed by atoms with E-state index >= 15 is 0 Å². The number of methoxy groups -OCH3 is 2. The van der Waals surface area contributed by atoms with E-state index in [1.165, 1.54) is 5.56 Å². The molecule has 1 N–H and O–H groups in total. The van der Waals surface area contributed by atoms with E-state index in [0.717, 1.165) is 65.9 Å². The lowest BCUT2D eigenvalue weighted by molar-refractivity contribution is 0.0464. The molecule has 0 radical (unpaired) electrons. The van der Waals surface area contributed by atoms with Crippen molar-refractivity contribution in [3.8, 4) is 11.5 Å². The van der Waals surface area contributed by atoms with Crippen LogP contribution in [0.1, 0.15) is 65.2 Å². The van der Waals surface area contributed by atoms with Crippen LogP contribution in [0.5, 0.6) is 11.5 Å². The SMILES string of the molecule is COCOc1ccc(Cc2c(C)cc(O)c(C)c2C)nc1C1CCCC(OC)C1. The van der Waals surface area contributed by atoms with Crippen LogP contribution in [0.2, 0.25) is 0 Å². The number of phenolic OH excluding ortho intramolecular Hbond substituents is 1. The molecule has 1 saturated carbocycles. The van der Waals surface area contributed by atoms with E-state index in [9.17, 15) is 5.11 Å². The van der Waals surface area contributed by atoms with E-state index in [0.29, 0.717) is 11.7 Å². The maximum absolute atomic E-state index is 10.1. The summed E-state index contributed by atoms with van der Waals surface area (Å²) in [5.41, 5.74) is 6.39. The molecule has 1 heterocycles. The van der Waals surface area contributed by atoms with Crippen molar-refractivity contribution >= 4 is 0 Å². The van der Waals surface area contributed by atoms with E-state index in [-0.39, 0.29) is 12.9 Å². The van der Waals surface area contributed by atoms with Gasteiger partial charge in [0.25, 0.3) is 0 Å². The second-order valence-corrected chi connectivity index (χ2v) is 8.08. The lowest BCUT2D eigenvalue weighted by atomic mass is 9.84. The zero-order valence-corrected chi connectivity index (χ0v) is 18.2. The maximum Gasteiger partial charge on any atom is 0.188 e. The van der Waals surface area contributed by atoms with Crippen molar-refractivity contribution in [2.75, 3.05) is 21.0 Å². The molecule has 2 unspecified atom stereocenters. The molecule has 0 spiro atoms. The Hall–Kier alpha value is -2.11. The highest BCUT2D eigenvalue weighted by molar-refractivity contribution is 5.49. The average Bonchev–Trinajstić information content (AvgIpc) is 2.74.